The molecule has 1 atom stereocenters. The molecule has 0 bridgehead atoms. The molecule has 30 heavy (non-hydrogen) atoms. The predicted molar refractivity (Wildman–Crippen MR) is 111 cm³/mol. The first kappa shape index (κ1) is 20.6. The van der Waals surface area contributed by atoms with Crippen LogP contribution in [0.15, 0.2) is 59.5 Å². The number of morpholine rings is 1. The van der Waals surface area contributed by atoms with Gasteiger partial charge >= 0.3 is 6.03 Å². The maximum absolute atomic E-state index is 13.4. The van der Waals surface area contributed by atoms with Crippen molar-refractivity contribution in [2.24, 2.45) is 0 Å². The fourth-order valence-corrected chi connectivity index (χ4v) is 5.44. The number of ether oxygens (including phenoxy) is 2. The highest BCUT2D eigenvalue weighted by molar-refractivity contribution is 7.89. The lowest BCUT2D eigenvalue weighted by Gasteiger charge is -2.35. The van der Waals surface area contributed by atoms with Gasteiger partial charge in [0.05, 0.1) is 25.2 Å². The van der Waals surface area contributed by atoms with Gasteiger partial charge in [-0.05, 0) is 29.8 Å². The Labute approximate surface area is 176 Å². The quantitative estimate of drug-likeness (QED) is 0.741. The van der Waals surface area contributed by atoms with Gasteiger partial charge in [0.1, 0.15) is 11.9 Å². The molecule has 0 unspecified atom stereocenters. The number of rotatable bonds is 4. The molecule has 2 heterocycles. The van der Waals surface area contributed by atoms with E-state index in [2.05, 4.69) is 0 Å². The average Bonchev–Trinajstić information content (AvgIpc) is 3.26. The maximum Gasteiger partial charge on any atom is 0.321 e. The molecular weight excluding hydrogens is 406 g/mol. The van der Waals surface area contributed by atoms with Crippen LogP contribution in [0.3, 0.4) is 0 Å². The summed E-state index contributed by atoms with van der Waals surface area (Å²) in [6.45, 7) is 2.51. The van der Waals surface area contributed by atoms with Crippen molar-refractivity contribution in [1.82, 2.24) is 14.1 Å². The molecule has 2 aromatic carbocycles. The summed E-state index contributed by atoms with van der Waals surface area (Å²) in [6, 6.07) is 15.3. The Kier molecular flexibility index (Phi) is 5.94. The highest BCUT2D eigenvalue weighted by Gasteiger charge is 2.44. The summed E-state index contributed by atoms with van der Waals surface area (Å²) in [5.74, 6) is 0.667. The molecule has 160 valence electrons. The van der Waals surface area contributed by atoms with E-state index in [1.807, 2.05) is 12.1 Å². The number of nitrogens with zero attached hydrogens (tertiary/aromatic N) is 3. The molecule has 2 saturated heterocycles. The fraction of sp³-hybridized carbons (Fsp3) is 0.381. The molecule has 0 aromatic heterocycles. The van der Waals surface area contributed by atoms with Crippen molar-refractivity contribution in [3.63, 3.8) is 0 Å². The number of urea groups is 1. The Bertz CT molecular complexity index is 975. The third kappa shape index (κ3) is 3.88. The molecule has 0 N–H and O–H groups in total. The smallest absolute Gasteiger partial charge is 0.321 e. The van der Waals surface area contributed by atoms with Crippen LogP contribution >= 0.6 is 0 Å². The zero-order chi connectivity index (χ0) is 21.1. The van der Waals surface area contributed by atoms with E-state index < -0.39 is 16.2 Å². The third-order valence-electron chi connectivity index (χ3n) is 5.42. The van der Waals surface area contributed by atoms with Crippen molar-refractivity contribution < 1.29 is 22.7 Å². The SMILES string of the molecule is COc1ccc([C@@H]2N(C(=O)N3CCOCC3)CCN2S(=O)(=O)c2ccccc2)cc1. The lowest BCUT2D eigenvalue weighted by molar-refractivity contribution is 0.0400. The number of sulfonamides is 1. The minimum absolute atomic E-state index is 0.176. The van der Waals surface area contributed by atoms with E-state index in [1.165, 1.54) is 4.31 Å². The summed E-state index contributed by atoms with van der Waals surface area (Å²) < 4.78 is 38.8. The van der Waals surface area contributed by atoms with Gasteiger partial charge < -0.3 is 19.3 Å². The van der Waals surface area contributed by atoms with Crippen LogP contribution in [-0.4, -0.2) is 75.1 Å². The largest absolute Gasteiger partial charge is 0.497 e. The summed E-state index contributed by atoms with van der Waals surface area (Å²) >= 11 is 0. The van der Waals surface area contributed by atoms with E-state index in [9.17, 15) is 13.2 Å². The van der Waals surface area contributed by atoms with E-state index in [-0.39, 0.29) is 17.5 Å². The fourth-order valence-electron chi connectivity index (χ4n) is 3.84. The average molecular weight is 432 g/mol. The third-order valence-corrected chi connectivity index (χ3v) is 7.29. The second kappa shape index (κ2) is 8.63. The van der Waals surface area contributed by atoms with Crippen molar-refractivity contribution in [3.8, 4) is 5.75 Å². The van der Waals surface area contributed by atoms with Crippen LogP contribution in [0.2, 0.25) is 0 Å². The number of benzene rings is 2. The van der Waals surface area contributed by atoms with Gasteiger partial charge in [0, 0.05) is 26.2 Å². The van der Waals surface area contributed by atoms with Gasteiger partial charge in [-0.1, -0.05) is 30.3 Å². The van der Waals surface area contributed by atoms with Crippen LogP contribution in [0, 0.1) is 0 Å². The molecule has 4 rings (SSSR count). The van der Waals surface area contributed by atoms with Crippen LogP contribution in [0.1, 0.15) is 11.7 Å². The minimum Gasteiger partial charge on any atom is -0.497 e. The van der Waals surface area contributed by atoms with Crippen molar-refractivity contribution in [2.75, 3.05) is 46.5 Å². The van der Waals surface area contributed by atoms with E-state index in [0.29, 0.717) is 38.6 Å². The standard InChI is InChI=1S/C21H25N3O5S/c1-28-18-9-7-17(8-10-18)20-23(21(25)22-13-15-29-16-14-22)11-12-24(20)30(26,27)19-5-3-2-4-6-19/h2-10,20H,11-16H2,1H3/t20-/m1/s1. The van der Waals surface area contributed by atoms with Gasteiger partial charge in [-0.2, -0.15) is 4.31 Å². The van der Waals surface area contributed by atoms with Gasteiger partial charge in [0.25, 0.3) is 0 Å². The highest BCUT2D eigenvalue weighted by Crippen LogP contribution is 2.36. The molecule has 2 fully saturated rings. The topological polar surface area (TPSA) is 79.4 Å². The molecule has 0 aliphatic carbocycles. The normalized spacial score (nSPS) is 20.4. The first-order valence-corrected chi connectivity index (χ1v) is 11.3. The van der Waals surface area contributed by atoms with E-state index in [4.69, 9.17) is 9.47 Å². The molecule has 8 nitrogen and oxygen atoms in total. The summed E-state index contributed by atoms with van der Waals surface area (Å²) in [5.41, 5.74) is 0.717. The molecule has 2 aliphatic rings. The number of hydrogen-bond acceptors (Lipinski definition) is 5. The van der Waals surface area contributed by atoms with Crippen LogP contribution in [0.25, 0.3) is 0 Å². The van der Waals surface area contributed by atoms with E-state index in [1.54, 1.807) is 59.4 Å². The Morgan fingerprint density at radius 2 is 1.63 bits per heavy atom. The molecule has 0 spiro atoms. The van der Waals surface area contributed by atoms with Gasteiger partial charge in [-0.3, -0.25) is 0 Å². The molecule has 2 aromatic rings. The number of carbonyl (C=O) groups is 1. The van der Waals surface area contributed by atoms with Gasteiger partial charge in [-0.25, -0.2) is 13.2 Å². The number of methoxy groups -OCH3 is 1. The number of amides is 2. The van der Waals surface area contributed by atoms with Gasteiger partial charge in [-0.15, -0.1) is 0 Å². The van der Waals surface area contributed by atoms with E-state index in [0.717, 1.165) is 5.56 Å². The Morgan fingerprint density at radius 3 is 2.27 bits per heavy atom. The lowest BCUT2D eigenvalue weighted by atomic mass is 10.1. The molecule has 0 saturated carbocycles. The van der Waals surface area contributed by atoms with Gasteiger partial charge in [0.15, 0.2) is 0 Å². The van der Waals surface area contributed by atoms with Crippen LogP contribution in [0.4, 0.5) is 4.79 Å². The Hall–Kier alpha value is -2.62. The molecule has 9 heteroatoms. The molecule has 2 aliphatic heterocycles. The molecule has 0 radical (unpaired) electrons. The molecular formula is C21H25N3O5S. The second-order valence-electron chi connectivity index (χ2n) is 7.15. The second-order valence-corrected chi connectivity index (χ2v) is 9.04. The molecule has 2 amide bonds. The Morgan fingerprint density at radius 1 is 0.967 bits per heavy atom. The van der Waals surface area contributed by atoms with Crippen molar-refractivity contribution in [2.45, 2.75) is 11.1 Å². The van der Waals surface area contributed by atoms with Crippen LogP contribution in [-0.2, 0) is 14.8 Å². The lowest BCUT2D eigenvalue weighted by Crippen LogP contribution is -2.49. The van der Waals surface area contributed by atoms with Crippen LogP contribution < -0.4 is 4.74 Å². The summed E-state index contributed by atoms with van der Waals surface area (Å²) in [6.07, 6.45) is -0.726. The zero-order valence-electron chi connectivity index (χ0n) is 16.8. The van der Waals surface area contributed by atoms with Crippen LogP contribution in [0.5, 0.6) is 5.75 Å². The van der Waals surface area contributed by atoms with Crippen molar-refractivity contribution in [3.05, 3.63) is 60.2 Å². The van der Waals surface area contributed by atoms with Crippen molar-refractivity contribution in [1.29, 1.82) is 0 Å². The zero-order valence-corrected chi connectivity index (χ0v) is 17.6. The van der Waals surface area contributed by atoms with Gasteiger partial charge in [0.2, 0.25) is 10.0 Å². The highest BCUT2D eigenvalue weighted by atomic mass is 32.2. The predicted octanol–water partition coefficient (Wildman–Crippen LogP) is 2.15. The van der Waals surface area contributed by atoms with Crippen molar-refractivity contribution >= 4 is 16.1 Å². The maximum atomic E-state index is 13.4. The van der Waals surface area contributed by atoms with E-state index >= 15 is 0 Å². The first-order valence-electron chi connectivity index (χ1n) is 9.86. The number of carbonyl (C=O) groups excluding carboxylic acids is 1. The first-order chi connectivity index (χ1) is 14.5. The monoisotopic (exact) mass is 431 g/mol. The summed E-state index contributed by atoms with van der Waals surface area (Å²) in [7, 11) is -2.21. The summed E-state index contributed by atoms with van der Waals surface area (Å²) in [5, 5.41) is 0. The Balaban J connectivity index is 1.71. The minimum atomic E-state index is -3.78. The summed E-state index contributed by atoms with van der Waals surface area (Å²) in [4.78, 5) is 16.8. The number of hydrogen-bond donors (Lipinski definition) is 0.